The van der Waals surface area contributed by atoms with Gasteiger partial charge in [-0.2, -0.15) is 0 Å². The summed E-state index contributed by atoms with van der Waals surface area (Å²) in [7, 11) is 1.45. The molecule has 0 aliphatic rings. The van der Waals surface area contributed by atoms with E-state index >= 15 is 0 Å². The van der Waals surface area contributed by atoms with Crippen LogP contribution >= 0.6 is 0 Å². The second-order valence-corrected chi connectivity index (χ2v) is 5.14. The summed E-state index contributed by atoms with van der Waals surface area (Å²) in [5.74, 6) is -3.47. The molecule has 3 aromatic rings. The van der Waals surface area contributed by atoms with E-state index in [0.29, 0.717) is 16.5 Å². The van der Waals surface area contributed by atoms with Gasteiger partial charge in [-0.25, -0.2) is 13.6 Å². The lowest BCUT2D eigenvalue weighted by molar-refractivity contribution is 0.0664. The molecule has 2 aromatic heterocycles. The van der Waals surface area contributed by atoms with Crippen LogP contribution in [0.25, 0.3) is 11.1 Å². The number of halogens is 2. The zero-order valence-electron chi connectivity index (χ0n) is 12.0. The van der Waals surface area contributed by atoms with Gasteiger partial charge >= 0.3 is 5.97 Å². The molecule has 0 saturated heterocycles. The minimum Gasteiger partial charge on any atom is -0.475 e. The average molecular weight is 319 g/mol. The van der Waals surface area contributed by atoms with Crippen molar-refractivity contribution in [3.63, 3.8) is 0 Å². The maximum Gasteiger partial charge on any atom is 0.371 e. The molecule has 3 rings (SSSR count). The highest BCUT2D eigenvalue weighted by Crippen LogP contribution is 2.20. The van der Waals surface area contributed by atoms with E-state index in [0.717, 1.165) is 12.1 Å². The molecule has 0 radical (unpaired) electrons. The highest BCUT2D eigenvalue weighted by Gasteiger charge is 2.16. The fourth-order valence-corrected chi connectivity index (χ4v) is 2.42. The summed E-state index contributed by atoms with van der Waals surface area (Å²) in [4.78, 5) is 23.3. The molecule has 0 bridgehead atoms. The summed E-state index contributed by atoms with van der Waals surface area (Å²) in [6, 6.07) is 6.21. The predicted molar refractivity (Wildman–Crippen MR) is 77.6 cm³/mol. The van der Waals surface area contributed by atoms with Crippen molar-refractivity contribution < 1.29 is 23.1 Å². The smallest absolute Gasteiger partial charge is 0.371 e. The number of aromatic carboxylic acids is 1. The van der Waals surface area contributed by atoms with Gasteiger partial charge in [0, 0.05) is 30.5 Å². The van der Waals surface area contributed by atoms with E-state index in [4.69, 9.17) is 9.52 Å². The summed E-state index contributed by atoms with van der Waals surface area (Å²) in [5.41, 5.74) is 0.501. The molecule has 0 saturated carbocycles. The first-order chi connectivity index (χ1) is 10.9. The Morgan fingerprint density at radius 3 is 2.61 bits per heavy atom. The highest BCUT2D eigenvalue weighted by atomic mass is 19.2. The van der Waals surface area contributed by atoms with Gasteiger partial charge in [0.05, 0.1) is 0 Å². The topological polar surface area (TPSA) is 72.4 Å². The fourth-order valence-electron chi connectivity index (χ4n) is 2.42. The van der Waals surface area contributed by atoms with Crippen molar-refractivity contribution in [3.8, 4) is 0 Å². The minimum atomic E-state index is -1.24. The van der Waals surface area contributed by atoms with E-state index in [1.54, 1.807) is 0 Å². The Labute approximate surface area is 128 Å². The number of benzene rings is 1. The summed E-state index contributed by atoms with van der Waals surface area (Å²) in [6.45, 7) is 0. The second-order valence-electron chi connectivity index (χ2n) is 5.14. The van der Waals surface area contributed by atoms with Crippen molar-refractivity contribution in [2.75, 3.05) is 0 Å². The van der Waals surface area contributed by atoms with Gasteiger partial charge < -0.3 is 9.52 Å². The van der Waals surface area contributed by atoms with Gasteiger partial charge in [-0.3, -0.25) is 9.36 Å². The molecule has 0 aliphatic heterocycles. The Bertz CT molecular complexity index is 988. The van der Waals surface area contributed by atoms with Gasteiger partial charge in [-0.15, -0.1) is 0 Å². The van der Waals surface area contributed by atoms with E-state index in [-0.39, 0.29) is 17.9 Å². The van der Waals surface area contributed by atoms with Crippen LogP contribution in [0.4, 0.5) is 8.78 Å². The molecule has 0 unspecified atom stereocenters. The summed E-state index contributed by atoms with van der Waals surface area (Å²) in [6.07, 6.45) is 0.0907. The first kappa shape index (κ1) is 15.0. The zero-order chi connectivity index (χ0) is 16.7. The van der Waals surface area contributed by atoms with Crippen LogP contribution in [0.2, 0.25) is 0 Å². The number of rotatable bonds is 3. The number of hydrogen-bond donors (Lipinski definition) is 1. The number of fused-ring (bicyclic) bond motifs is 1. The van der Waals surface area contributed by atoms with Crippen LogP contribution in [0.1, 0.15) is 21.7 Å². The molecule has 2 heterocycles. The molecule has 1 aromatic carbocycles. The predicted octanol–water partition coefficient (Wildman–Crippen LogP) is 2.70. The van der Waals surface area contributed by atoms with Crippen LogP contribution in [0.3, 0.4) is 0 Å². The Balaban J connectivity index is 2.10. The third-order valence-corrected chi connectivity index (χ3v) is 3.54. The van der Waals surface area contributed by atoms with E-state index in [1.807, 2.05) is 0 Å². The lowest BCUT2D eigenvalue weighted by Crippen LogP contribution is -2.21. The fraction of sp³-hybridized carbons (Fsp3) is 0.125. The molecular weight excluding hydrogens is 308 g/mol. The van der Waals surface area contributed by atoms with Crippen LogP contribution in [0, 0.1) is 11.6 Å². The van der Waals surface area contributed by atoms with Crippen LogP contribution in [0.15, 0.2) is 39.5 Å². The normalized spacial score (nSPS) is 11.1. The third kappa shape index (κ3) is 2.61. The van der Waals surface area contributed by atoms with Crippen molar-refractivity contribution in [2.24, 2.45) is 7.05 Å². The summed E-state index contributed by atoms with van der Waals surface area (Å²) in [5, 5.41) is 9.40. The maximum absolute atomic E-state index is 13.3. The number of carbonyl (C=O) groups is 1. The van der Waals surface area contributed by atoms with Gasteiger partial charge in [-0.1, -0.05) is 6.07 Å². The number of nitrogens with zero attached hydrogens (tertiary/aromatic N) is 1. The number of carboxylic acid groups (broad SMARTS) is 1. The number of carboxylic acids is 1. The van der Waals surface area contributed by atoms with Gasteiger partial charge in [0.15, 0.2) is 11.6 Å². The van der Waals surface area contributed by atoms with Gasteiger partial charge in [-0.05, 0) is 23.8 Å². The second kappa shape index (κ2) is 5.35. The number of aryl methyl sites for hydroxylation is 1. The third-order valence-electron chi connectivity index (χ3n) is 3.54. The molecule has 0 fully saturated rings. The summed E-state index contributed by atoms with van der Waals surface area (Å²) < 4.78 is 32.6. The van der Waals surface area contributed by atoms with Gasteiger partial charge in [0.25, 0.3) is 5.56 Å². The largest absolute Gasteiger partial charge is 0.475 e. The van der Waals surface area contributed by atoms with Crippen LogP contribution in [-0.4, -0.2) is 15.6 Å². The monoisotopic (exact) mass is 319 g/mol. The molecule has 0 aliphatic carbocycles. The van der Waals surface area contributed by atoms with Crippen molar-refractivity contribution in [1.82, 2.24) is 4.57 Å². The molecule has 1 N–H and O–H groups in total. The first-order valence-electron chi connectivity index (χ1n) is 6.66. The van der Waals surface area contributed by atoms with E-state index in [2.05, 4.69) is 0 Å². The Morgan fingerprint density at radius 2 is 1.96 bits per heavy atom. The molecule has 0 spiro atoms. The first-order valence-corrected chi connectivity index (χ1v) is 6.66. The summed E-state index contributed by atoms with van der Waals surface area (Å²) >= 11 is 0. The Hall–Kier alpha value is -2.96. The quantitative estimate of drug-likeness (QED) is 0.805. The standard InChI is InChI=1S/C16H11F2NO4/c1-19-14(20)9(4-8-2-3-11(17)12(18)5-8)6-10-7-13(16(21)22)23-15(10)19/h2-3,5-7H,4H2,1H3,(H,21,22). The van der Waals surface area contributed by atoms with E-state index in [9.17, 15) is 18.4 Å². The molecule has 118 valence electrons. The SMILES string of the molecule is Cn1c(=O)c(Cc2ccc(F)c(F)c2)cc2cc(C(=O)O)oc21. The molecule has 5 nitrogen and oxygen atoms in total. The average Bonchev–Trinajstić information content (AvgIpc) is 2.93. The van der Waals surface area contributed by atoms with Crippen molar-refractivity contribution in [2.45, 2.75) is 6.42 Å². The lowest BCUT2D eigenvalue weighted by atomic mass is 10.1. The molecule has 0 atom stereocenters. The highest BCUT2D eigenvalue weighted by molar-refractivity contribution is 5.90. The Morgan fingerprint density at radius 1 is 1.22 bits per heavy atom. The molecule has 23 heavy (non-hydrogen) atoms. The molecule has 0 amide bonds. The minimum absolute atomic E-state index is 0.0907. The number of pyridine rings is 1. The number of hydrogen-bond acceptors (Lipinski definition) is 3. The van der Waals surface area contributed by atoms with Gasteiger partial charge in [0.1, 0.15) is 0 Å². The van der Waals surface area contributed by atoms with Crippen LogP contribution in [0.5, 0.6) is 0 Å². The molecule has 7 heteroatoms. The zero-order valence-corrected chi connectivity index (χ0v) is 12.0. The number of aromatic nitrogens is 1. The molecular formula is C16H11F2NO4. The van der Waals surface area contributed by atoms with Crippen LogP contribution < -0.4 is 5.56 Å². The van der Waals surface area contributed by atoms with Crippen molar-refractivity contribution in [1.29, 1.82) is 0 Å². The lowest BCUT2D eigenvalue weighted by Gasteiger charge is -2.05. The van der Waals surface area contributed by atoms with E-state index < -0.39 is 23.2 Å². The maximum atomic E-state index is 13.3. The van der Waals surface area contributed by atoms with E-state index in [1.165, 1.54) is 29.8 Å². The number of furan rings is 1. The van der Waals surface area contributed by atoms with Crippen LogP contribution in [-0.2, 0) is 13.5 Å². The Kier molecular flexibility index (Phi) is 3.48. The van der Waals surface area contributed by atoms with Crippen molar-refractivity contribution in [3.05, 3.63) is 69.2 Å². The van der Waals surface area contributed by atoms with Gasteiger partial charge in [0.2, 0.25) is 11.5 Å². The van der Waals surface area contributed by atoms with Crippen molar-refractivity contribution >= 4 is 17.1 Å².